The topological polar surface area (TPSA) is 67.4 Å². The molecule has 0 aliphatic carbocycles. The molecule has 0 radical (unpaired) electrons. The molecule has 2 aromatic rings. The Morgan fingerprint density at radius 2 is 1.90 bits per heavy atom. The van der Waals surface area contributed by atoms with E-state index in [4.69, 9.17) is 19.2 Å². The highest BCUT2D eigenvalue weighted by Gasteiger charge is 2.24. The summed E-state index contributed by atoms with van der Waals surface area (Å²) in [6.07, 6.45) is 0. The average molecular weight is 447 g/mol. The van der Waals surface area contributed by atoms with Crippen LogP contribution in [0.4, 0.5) is 0 Å². The summed E-state index contributed by atoms with van der Waals surface area (Å²) in [7, 11) is 3.33. The number of nitrogens with one attached hydrogen (secondary N) is 2. The van der Waals surface area contributed by atoms with Crippen LogP contribution in [0.3, 0.4) is 0 Å². The van der Waals surface area contributed by atoms with Crippen LogP contribution in [0, 0.1) is 6.92 Å². The van der Waals surface area contributed by atoms with Crippen molar-refractivity contribution in [1.82, 2.24) is 15.5 Å². The maximum absolute atomic E-state index is 5.58. The van der Waals surface area contributed by atoms with Crippen LogP contribution in [0.5, 0.6) is 11.5 Å². The quantitative estimate of drug-likeness (QED) is 0.456. The molecule has 2 N–H and O–H groups in total. The van der Waals surface area contributed by atoms with Crippen molar-refractivity contribution >= 4 is 17.3 Å². The van der Waals surface area contributed by atoms with E-state index < -0.39 is 0 Å². The van der Waals surface area contributed by atoms with E-state index in [0.29, 0.717) is 6.54 Å². The van der Waals surface area contributed by atoms with Crippen LogP contribution in [0.1, 0.15) is 28.3 Å². The lowest BCUT2D eigenvalue weighted by molar-refractivity contribution is 0.0169. The van der Waals surface area contributed by atoms with Gasteiger partial charge in [-0.2, -0.15) is 0 Å². The molecule has 2 heterocycles. The molecule has 1 aliphatic rings. The van der Waals surface area contributed by atoms with Crippen molar-refractivity contribution in [1.29, 1.82) is 0 Å². The molecule has 0 amide bonds. The number of benzene rings is 1. The minimum Gasteiger partial charge on any atom is -0.493 e. The van der Waals surface area contributed by atoms with Crippen molar-refractivity contribution in [3.63, 3.8) is 0 Å². The first-order valence-corrected chi connectivity index (χ1v) is 11.6. The molecule has 31 heavy (non-hydrogen) atoms. The average Bonchev–Trinajstić information content (AvgIpc) is 3.23. The Balaban J connectivity index is 1.77. The van der Waals surface area contributed by atoms with Crippen LogP contribution in [0.2, 0.25) is 0 Å². The Morgan fingerprint density at radius 3 is 2.55 bits per heavy atom. The van der Waals surface area contributed by atoms with Crippen molar-refractivity contribution in [3.8, 4) is 11.5 Å². The molecule has 170 valence electrons. The van der Waals surface area contributed by atoms with Crippen LogP contribution < -0.4 is 20.1 Å². The third-order valence-electron chi connectivity index (χ3n) is 5.27. The summed E-state index contributed by atoms with van der Waals surface area (Å²) in [5.74, 6) is 2.31. The van der Waals surface area contributed by atoms with Crippen molar-refractivity contribution in [3.05, 3.63) is 45.6 Å². The van der Waals surface area contributed by atoms with E-state index >= 15 is 0 Å². The molecule has 1 aliphatic heterocycles. The molecule has 7 nitrogen and oxygen atoms in total. The number of thiophene rings is 1. The van der Waals surface area contributed by atoms with E-state index in [2.05, 4.69) is 53.6 Å². The molecule has 8 heteroatoms. The lowest BCUT2D eigenvalue weighted by atomic mass is 10.0. The van der Waals surface area contributed by atoms with E-state index in [9.17, 15) is 0 Å². The third kappa shape index (κ3) is 6.59. The van der Waals surface area contributed by atoms with Crippen LogP contribution >= 0.6 is 11.3 Å². The van der Waals surface area contributed by atoms with Crippen molar-refractivity contribution < 1.29 is 14.2 Å². The summed E-state index contributed by atoms with van der Waals surface area (Å²) in [5.41, 5.74) is 1.18. The standard InChI is InChI=1S/C23H34N4O3S/c1-5-24-23(25-15-19-8-6-17(2)31-19)26-16-20(27-10-12-30-13-11-27)18-7-9-21(28-3)22(14-18)29-4/h6-9,14,20H,5,10-13,15-16H2,1-4H3,(H2,24,25,26). The van der Waals surface area contributed by atoms with Gasteiger partial charge >= 0.3 is 0 Å². The third-order valence-corrected chi connectivity index (χ3v) is 6.26. The summed E-state index contributed by atoms with van der Waals surface area (Å²) >= 11 is 1.79. The van der Waals surface area contributed by atoms with E-state index in [0.717, 1.165) is 56.9 Å². The molecule has 3 rings (SSSR count). The molecular formula is C23H34N4O3S. The summed E-state index contributed by atoms with van der Waals surface area (Å²) < 4.78 is 16.5. The van der Waals surface area contributed by atoms with E-state index in [1.807, 2.05) is 6.07 Å². The summed E-state index contributed by atoms with van der Waals surface area (Å²) in [4.78, 5) is 9.81. The lowest BCUT2D eigenvalue weighted by Gasteiger charge is -2.35. The van der Waals surface area contributed by atoms with E-state index in [1.54, 1.807) is 25.6 Å². The highest BCUT2D eigenvalue weighted by Crippen LogP contribution is 2.32. The molecule has 1 atom stereocenters. The monoisotopic (exact) mass is 446 g/mol. The predicted molar refractivity (Wildman–Crippen MR) is 127 cm³/mol. The van der Waals surface area contributed by atoms with Gasteiger partial charge in [0, 0.05) is 35.9 Å². The zero-order valence-corrected chi connectivity index (χ0v) is 19.8. The van der Waals surface area contributed by atoms with Crippen molar-refractivity contribution in [2.45, 2.75) is 26.4 Å². The molecule has 1 unspecified atom stereocenters. The number of ether oxygens (including phenoxy) is 3. The largest absolute Gasteiger partial charge is 0.493 e. The Kier molecular flexibility index (Phi) is 8.99. The maximum Gasteiger partial charge on any atom is 0.191 e. The van der Waals surface area contributed by atoms with E-state index in [-0.39, 0.29) is 6.04 Å². The van der Waals surface area contributed by atoms with Gasteiger partial charge in [0.2, 0.25) is 0 Å². The summed E-state index contributed by atoms with van der Waals surface area (Å²) in [6.45, 7) is 9.69. The number of morpholine rings is 1. The van der Waals surface area contributed by atoms with Crippen LogP contribution in [0.25, 0.3) is 0 Å². The first kappa shape index (κ1) is 23.4. The maximum atomic E-state index is 5.58. The van der Waals surface area contributed by atoms with Gasteiger partial charge in [-0.15, -0.1) is 11.3 Å². The normalized spacial score (nSPS) is 16.1. The van der Waals surface area contributed by atoms with Gasteiger partial charge in [0.05, 0.1) is 40.0 Å². The van der Waals surface area contributed by atoms with E-state index in [1.165, 1.54) is 15.3 Å². The number of nitrogens with zero attached hydrogens (tertiary/aromatic N) is 2. The van der Waals surface area contributed by atoms with Gasteiger partial charge in [0.15, 0.2) is 17.5 Å². The second-order valence-electron chi connectivity index (χ2n) is 7.37. The van der Waals surface area contributed by atoms with Gasteiger partial charge in [-0.1, -0.05) is 6.07 Å². The summed E-state index contributed by atoms with van der Waals surface area (Å²) in [5, 5.41) is 6.91. The second-order valence-corrected chi connectivity index (χ2v) is 8.74. The van der Waals surface area contributed by atoms with Gasteiger partial charge in [0.1, 0.15) is 0 Å². The Morgan fingerprint density at radius 1 is 1.13 bits per heavy atom. The number of methoxy groups -OCH3 is 2. The number of hydrogen-bond acceptors (Lipinski definition) is 6. The number of rotatable bonds is 9. The molecule has 1 saturated heterocycles. The fourth-order valence-corrected chi connectivity index (χ4v) is 4.48. The SMILES string of the molecule is CCNC(=NCc1ccc(C)s1)NCC(c1ccc(OC)c(OC)c1)N1CCOCC1. The first-order chi connectivity index (χ1) is 15.1. The molecule has 1 fully saturated rings. The number of guanidine groups is 1. The summed E-state index contributed by atoms with van der Waals surface area (Å²) in [6, 6.07) is 10.6. The fraction of sp³-hybridized carbons (Fsp3) is 0.522. The zero-order chi connectivity index (χ0) is 22.1. The Labute approximate surface area is 189 Å². The van der Waals surface area contributed by atoms with Crippen molar-refractivity contribution in [2.75, 3.05) is 53.6 Å². The van der Waals surface area contributed by atoms with Gasteiger partial charge in [-0.25, -0.2) is 4.99 Å². The predicted octanol–water partition coefficient (Wildman–Crippen LogP) is 3.20. The molecular weight excluding hydrogens is 412 g/mol. The number of aryl methyl sites for hydroxylation is 1. The molecule has 1 aromatic carbocycles. The Hall–Kier alpha value is -2.29. The zero-order valence-electron chi connectivity index (χ0n) is 18.9. The highest BCUT2D eigenvalue weighted by atomic mass is 32.1. The van der Waals surface area contributed by atoms with Crippen LogP contribution in [0.15, 0.2) is 35.3 Å². The van der Waals surface area contributed by atoms with Crippen molar-refractivity contribution in [2.24, 2.45) is 4.99 Å². The van der Waals surface area contributed by atoms with Gasteiger partial charge in [-0.05, 0) is 43.7 Å². The molecule has 0 saturated carbocycles. The molecule has 0 bridgehead atoms. The number of hydrogen-bond donors (Lipinski definition) is 2. The lowest BCUT2D eigenvalue weighted by Crippen LogP contribution is -2.46. The minimum atomic E-state index is 0.163. The molecule has 1 aromatic heterocycles. The molecule has 0 spiro atoms. The fourth-order valence-electron chi connectivity index (χ4n) is 3.67. The van der Waals surface area contributed by atoms with Crippen LogP contribution in [-0.4, -0.2) is 64.5 Å². The second kappa shape index (κ2) is 11.9. The Bertz CT molecular complexity index is 849. The van der Waals surface area contributed by atoms with Gasteiger partial charge < -0.3 is 24.8 Å². The smallest absolute Gasteiger partial charge is 0.191 e. The van der Waals surface area contributed by atoms with Crippen LogP contribution in [-0.2, 0) is 11.3 Å². The van der Waals surface area contributed by atoms with Gasteiger partial charge in [0.25, 0.3) is 0 Å². The highest BCUT2D eigenvalue weighted by molar-refractivity contribution is 7.11. The first-order valence-electron chi connectivity index (χ1n) is 10.8. The number of aliphatic imine (C=N–C) groups is 1. The van der Waals surface area contributed by atoms with Gasteiger partial charge in [-0.3, -0.25) is 4.90 Å². The minimum absolute atomic E-state index is 0.163.